The summed E-state index contributed by atoms with van der Waals surface area (Å²) in [5.41, 5.74) is 3.29. The van der Waals surface area contributed by atoms with E-state index in [1.807, 2.05) is 36.4 Å². The number of imide groups is 1. The standard InChI is InChI=1S/C30H28BrN3O6S/c1-38-26-16-21(4-11-25(26)40-19-20-2-5-22(31)6-3-20)17-27-29(36)34(30(37)41-27)18-28(35)32-23-7-9-24(10-8-23)33-12-14-39-15-13-33/h2-11,16-17H,12-15,18-19H2,1H3,(H,32,35)/b27-17-. The molecule has 212 valence electrons. The van der Waals surface area contributed by atoms with Crippen LogP contribution >= 0.6 is 27.7 Å². The van der Waals surface area contributed by atoms with Gasteiger partial charge in [-0.2, -0.15) is 0 Å². The number of anilines is 2. The van der Waals surface area contributed by atoms with Crippen molar-refractivity contribution in [2.45, 2.75) is 6.61 Å². The second kappa shape index (κ2) is 13.2. The van der Waals surface area contributed by atoms with Crippen molar-refractivity contribution in [2.75, 3.05) is 50.2 Å². The van der Waals surface area contributed by atoms with E-state index in [1.165, 1.54) is 7.11 Å². The zero-order chi connectivity index (χ0) is 28.8. The zero-order valence-corrected chi connectivity index (χ0v) is 24.7. The third kappa shape index (κ3) is 7.29. The summed E-state index contributed by atoms with van der Waals surface area (Å²) in [4.78, 5) is 41.6. The zero-order valence-electron chi connectivity index (χ0n) is 22.3. The molecule has 0 aliphatic carbocycles. The number of ether oxygens (including phenoxy) is 3. The molecule has 3 aromatic carbocycles. The minimum Gasteiger partial charge on any atom is -0.493 e. The summed E-state index contributed by atoms with van der Waals surface area (Å²) in [5.74, 6) is 0.0680. The van der Waals surface area contributed by atoms with Crippen molar-refractivity contribution in [2.24, 2.45) is 0 Å². The van der Waals surface area contributed by atoms with Crippen LogP contribution in [-0.2, 0) is 20.9 Å². The molecule has 2 fully saturated rings. The minimum atomic E-state index is -0.521. The van der Waals surface area contributed by atoms with Gasteiger partial charge in [0, 0.05) is 28.9 Å². The smallest absolute Gasteiger partial charge is 0.294 e. The Balaban J connectivity index is 1.19. The number of rotatable bonds is 9. The van der Waals surface area contributed by atoms with Gasteiger partial charge in [-0.25, -0.2) is 0 Å². The Bertz CT molecular complexity index is 1460. The molecule has 0 bridgehead atoms. The van der Waals surface area contributed by atoms with Crippen molar-refractivity contribution in [1.29, 1.82) is 0 Å². The van der Waals surface area contributed by atoms with Gasteiger partial charge < -0.3 is 24.4 Å². The predicted octanol–water partition coefficient (Wildman–Crippen LogP) is 5.55. The van der Waals surface area contributed by atoms with Gasteiger partial charge in [-0.05, 0) is 77.5 Å². The van der Waals surface area contributed by atoms with E-state index in [0.29, 0.717) is 42.6 Å². The van der Waals surface area contributed by atoms with Gasteiger partial charge in [0.1, 0.15) is 13.2 Å². The third-order valence-electron chi connectivity index (χ3n) is 6.50. The number of nitrogens with one attached hydrogen (secondary N) is 1. The van der Waals surface area contributed by atoms with Gasteiger partial charge in [0.15, 0.2) is 11.5 Å². The molecule has 3 aromatic rings. The Labute approximate surface area is 250 Å². The first-order valence-corrected chi connectivity index (χ1v) is 14.5. The number of hydrogen-bond acceptors (Lipinski definition) is 8. The molecule has 0 saturated carbocycles. The monoisotopic (exact) mass is 637 g/mol. The van der Waals surface area contributed by atoms with E-state index >= 15 is 0 Å². The summed E-state index contributed by atoms with van der Waals surface area (Å²) in [7, 11) is 1.54. The molecule has 2 heterocycles. The fraction of sp³-hybridized carbons (Fsp3) is 0.233. The number of morpholine rings is 1. The molecule has 2 aliphatic heterocycles. The van der Waals surface area contributed by atoms with Crippen molar-refractivity contribution in [3.8, 4) is 11.5 Å². The number of benzene rings is 3. The number of carbonyl (C=O) groups is 3. The Morgan fingerprint density at radius 2 is 1.76 bits per heavy atom. The number of halogens is 1. The number of amides is 3. The van der Waals surface area contributed by atoms with E-state index in [-0.39, 0.29) is 11.4 Å². The first-order valence-electron chi connectivity index (χ1n) is 12.9. The molecular weight excluding hydrogens is 610 g/mol. The van der Waals surface area contributed by atoms with Crippen molar-refractivity contribution in [3.05, 3.63) is 87.2 Å². The Hall–Kier alpha value is -3.80. The Morgan fingerprint density at radius 1 is 1.02 bits per heavy atom. The second-order valence-electron chi connectivity index (χ2n) is 9.29. The van der Waals surface area contributed by atoms with E-state index in [0.717, 1.165) is 45.5 Å². The topological polar surface area (TPSA) is 97.4 Å². The molecule has 3 amide bonds. The van der Waals surface area contributed by atoms with Gasteiger partial charge in [0.2, 0.25) is 5.91 Å². The van der Waals surface area contributed by atoms with Crippen LogP contribution in [0.15, 0.2) is 76.1 Å². The van der Waals surface area contributed by atoms with Crippen LogP contribution in [0.3, 0.4) is 0 Å². The highest BCUT2D eigenvalue weighted by Crippen LogP contribution is 2.35. The van der Waals surface area contributed by atoms with Crippen molar-refractivity contribution >= 4 is 62.2 Å². The van der Waals surface area contributed by atoms with E-state index in [2.05, 4.69) is 26.1 Å². The highest BCUT2D eigenvalue weighted by Gasteiger charge is 2.36. The molecule has 2 saturated heterocycles. The van der Waals surface area contributed by atoms with Crippen molar-refractivity contribution in [1.82, 2.24) is 4.90 Å². The van der Waals surface area contributed by atoms with Crippen LogP contribution in [0.1, 0.15) is 11.1 Å². The maximum atomic E-state index is 13.0. The minimum absolute atomic E-state index is 0.225. The van der Waals surface area contributed by atoms with Crippen molar-refractivity contribution in [3.63, 3.8) is 0 Å². The highest BCUT2D eigenvalue weighted by molar-refractivity contribution is 9.10. The van der Waals surface area contributed by atoms with Crippen LogP contribution in [0.5, 0.6) is 11.5 Å². The lowest BCUT2D eigenvalue weighted by Gasteiger charge is -2.28. The molecule has 2 aliphatic rings. The van der Waals surface area contributed by atoms with Gasteiger partial charge >= 0.3 is 0 Å². The normalized spacial score (nSPS) is 16.3. The van der Waals surface area contributed by atoms with Gasteiger partial charge in [-0.15, -0.1) is 0 Å². The average Bonchev–Trinajstić information content (AvgIpc) is 3.25. The van der Waals surface area contributed by atoms with Crippen molar-refractivity contribution < 1.29 is 28.6 Å². The number of carbonyl (C=O) groups excluding carboxylic acids is 3. The number of thioether (sulfide) groups is 1. The molecule has 0 aromatic heterocycles. The quantitative estimate of drug-likeness (QED) is 0.305. The van der Waals surface area contributed by atoms with Crippen LogP contribution in [0.25, 0.3) is 6.08 Å². The SMILES string of the molecule is COc1cc(/C=C2\SC(=O)N(CC(=O)Nc3ccc(N4CCOCC4)cc3)C2=O)ccc1OCc1ccc(Br)cc1. The first kappa shape index (κ1) is 28.7. The summed E-state index contributed by atoms with van der Waals surface area (Å²) in [6.07, 6.45) is 1.61. The summed E-state index contributed by atoms with van der Waals surface area (Å²) >= 11 is 4.21. The summed E-state index contributed by atoms with van der Waals surface area (Å²) in [6, 6.07) is 20.5. The molecule has 9 nitrogen and oxygen atoms in total. The summed E-state index contributed by atoms with van der Waals surface area (Å²) < 4.78 is 17.8. The van der Waals surface area contributed by atoms with E-state index in [4.69, 9.17) is 14.2 Å². The van der Waals surface area contributed by atoms with E-state index in [9.17, 15) is 14.4 Å². The Morgan fingerprint density at radius 3 is 2.46 bits per heavy atom. The molecule has 0 atom stereocenters. The van der Waals surface area contributed by atoms with Crippen LogP contribution in [0.2, 0.25) is 0 Å². The highest BCUT2D eigenvalue weighted by atomic mass is 79.9. The maximum absolute atomic E-state index is 13.0. The lowest BCUT2D eigenvalue weighted by Crippen LogP contribution is -2.36. The molecule has 11 heteroatoms. The van der Waals surface area contributed by atoms with Gasteiger partial charge in [-0.1, -0.05) is 34.1 Å². The predicted molar refractivity (Wildman–Crippen MR) is 162 cm³/mol. The molecule has 1 N–H and O–H groups in total. The van der Waals surface area contributed by atoms with Gasteiger partial charge in [0.05, 0.1) is 25.2 Å². The van der Waals surface area contributed by atoms with Crippen LogP contribution in [0.4, 0.5) is 16.2 Å². The molecule has 0 radical (unpaired) electrons. The average molecular weight is 639 g/mol. The summed E-state index contributed by atoms with van der Waals surface area (Å²) in [5, 5.41) is 2.26. The fourth-order valence-corrected chi connectivity index (χ4v) is 5.45. The lowest BCUT2D eigenvalue weighted by molar-refractivity contribution is -0.127. The van der Waals surface area contributed by atoms with Crippen LogP contribution < -0.4 is 19.7 Å². The number of nitrogens with zero attached hydrogens (tertiary/aromatic N) is 2. The number of methoxy groups -OCH3 is 1. The van der Waals surface area contributed by atoms with E-state index in [1.54, 1.807) is 36.4 Å². The van der Waals surface area contributed by atoms with E-state index < -0.39 is 17.1 Å². The molecule has 41 heavy (non-hydrogen) atoms. The van der Waals surface area contributed by atoms with Gasteiger partial charge in [0.25, 0.3) is 11.1 Å². The Kier molecular flexibility index (Phi) is 9.28. The maximum Gasteiger partial charge on any atom is 0.294 e. The summed E-state index contributed by atoms with van der Waals surface area (Å²) in [6.45, 7) is 2.99. The lowest BCUT2D eigenvalue weighted by atomic mass is 10.1. The fourth-order valence-electron chi connectivity index (χ4n) is 4.34. The molecule has 5 rings (SSSR count). The second-order valence-corrected chi connectivity index (χ2v) is 11.2. The number of hydrogen-bond donors (Lipinski definition) is 1. The third-order valence-corrected chi connectivity index (χ3v) is 7.93. The van der Waals surface area contributed by atoms with Gasteiger partial charge in [-0.3, -0.25) is 19.3 Å². The van der Waals surface area contributed by atoms with Crippen LogP contribution in [-0.4, -0.2) is 61.9 Å². The molecular formula is C30H28BrN3O6S. The van der Waals surface area contributed by atoms with Crippen LogP contribution in [0, 0.1) is 0 Å². The molecule has 0 unspecified atom stereocenters. The first-order chi connectivity index (χ1) is 19.9. The largest absolute Gasteiger partial charge is 0.493 e. The molecule has 0 spiro atoms.